The first-order chi connectivity index (χ1) is 14.4. The normalized spacial score (nSPS) is 11.6. The van der Waals surface area contributed by atoms with E-state index in [9.17, 15) is 10.2 Å². The summed E-state index contributed by atoms with van der Waals surface area (Å²) in [6.07, 6.45) is 3.45. The van der Waals surface area contributed by atoms with Gasteiger partial charge >= 0.3 is 0 Å². The largest absolute Gasteiger partial charge is 0.867 e. The van der Waals surface area contributed by atoms with Crippen molar-refractivity contribution in [3.8, 4) is 5.75 Å². The molecule has 3 rings (SSSR count). The number of aryl methyl sites for hydroxylation is 2. The lowest BCUT2D eigenvalue weighted by atomic mass is 10.0. The van der Waals surface area contributed by atoms with Crippen LogP contribution < -0.4 is 19.7 Å². The number of rotatable bonds is 6. The molecule has 0 unspecified atom stereocenters. The molecule has 0 saturated heterocycles. The number of methoxy groups -OCH3 is 1. The Bertz CT molecular complexity index is 1110. The summed E-state index contributed by atoms with van der Waals surface area (Å²) in [6.45, 7) is 3.84. The van der Waals surface area contributed by atoms with Crippen molar-refractivity contribution in [3.63, 3.8) is 0 Å². The molecule has 0 bridgehead atoms. The van der Waals surface area contributed by atoms with Crippen LogP contribution in [0.3, 0.4) is 0 Å². The Kier molecular flexibility index (Phi) is 6.82. The van der Waals surface area contributed by atoms with Crippen LogP contribution in [0.4, 0.5) is 5.69 Å². The van der Waals surface area contributed by atoms with Gasteiger partial charge in [0.2, 0.25) is 5.70 Å². The van der Waals surface area contributed by atoms with Crippen molar-refractivity contribution < 1.29 is 19.5 Å². The Balaban J connectivity index is 2.10. The highest BCUT2D eigenvalue weighted by molar-refractivity contribution is 7.81. The molecule has 0 aliphatic heterocycles. The molecule has 1 aromatic heterocycles. The fourth-order valence-electron chi connectivity index (χ4n) is 3.00. The molecule has 0 aliphatic carbocycles. The molecule has 0 radical (unpaired) electrons. The van der Waals surface area contributed by atoms with Crippen molar-refractivity contribution in [3.05, 3.63) is 89.2 Å². The number of hydrogen-bond donors (Lipinski definition) is 2. The predicted molar refractivity (Wildman–Crippen MR) is 121 cm³/mol. The Morgan fingerprint density at radius 1 is 1.10 bits per heavy atom. The molecule has 2 aromatic carbocycles. The molecule has 0 spiro atoms. The fourth-order valence-corrected chi connectivity index (χ4v) is 3.32. The lowest BCUT2D eigenvalue weighted by Gasteiger charge is -2.18. The maximum absolute atomic E-state index is 13.5. The van der Waals surface area contributed by atoms with Crippen LogP contribution in [0, 0.1) is 13.8 Å². The van der Waals surface area contributed by atoms with Crippen molar-refractivity contribution in [2.45, 2.75) is 20.5 Å². The van der Waals surface area contributed by atoms with Gasteiger partial charge in [-0.3, -0.25) is 0 Å². The summed E-state index contributed by atoms with van der Waals surface area (Å²) in [5.41, 5.74) is 4.37. The Hall–Kier alpha value is -3.22. The third kappa shape index (κ3) is 4.84. The van der Waals surface area contributed by atoms with Gasteiger partial charge in [0.1, 0.15) is 5.75 Å². The zero-order valence-corrected chi connectivity index (χ0v) is 18.0. The monoisotopic (exact) mass is 420 g/mol. The first-order valence-electron chi connectivity index (χ1n) is 9.48. The van der Waals surface area contributed by atoms with Crippen LogP contribution in [0.1, 0.15) is 22.3 Å². The average Bonchev–Trinajstić information content (AvgIpc) is 2.76. The fraction of sp³-hybridized carbons (Fsp3) is 0.167. The van der Waals surface area contributed by atoms with Gasteiger partial charge < -0.3 is 20.3 Å². The number of pyridine rings is 1. The van der Waals surface area contributed by atoms with Gasteiger partial charge in [0, 0.05) is 23.4 Å². The third-order valence-corrected chi connectivity index (χ3v) is 5.12. The molecule has 0 saturated carbocycles. The molecule has 1 heterocycles. The minimum Gasteiger partial charge on any atom is -0.867 e. The molecule has 3 aromatic rings. The van der Waals surface area contributed by atoms with E-state index in [0.717, 1.165) is 11.1 Å². The van der Waals surface area contributed by atoms with Gasteiger partial charge in [-0.15, -0.1) is 0 Å². The van der Waals surface area contributed by atoms with E-state index in [1.807, 2.05) is 44.2 Å². The number of ether oxygens (including phenoxy) is 1. The summed E-state index contributed by atoms with van der Waals surface area (Å²) in [4.78, 5) is 0.270. The van der Waals surface area contributed by atoms with Gasteiger partial charge in [0.25, 0.3) is 0 Å². The molecule has 0 aliphatic rings. The van der Waals surface area contributed by atoms with Crippen LogP contribution >= 0.6 is 12.2 Å². The maximum atomic E-state index is 13.5. The van der Waals surface area contributed by atoms with Crippen LogP contribution in [0.25, 0.3) is 11.5 Å². The number of thiocarbonyl (C=S) groups is 1. The first kappa shape index (κ1) is 21.5. The highest BCUT2D eigenvalue weighted by atomic mass is 32.1. The van der Waals surface area contributed by atoms with E-state index in [2.05, 4.69) is 5.32 Å². The average molecular weight is 421 g/mol. The number of nitrogens with zero attached hydrogens (tertiary/aromatic N) is 1. The van der Waals surface area contributed by atoms with Gasteiger partial charge in [-0.2, -0.15) is 4.57 Å². The summed E-state index contributed by atoms with van der Waals surface area (Å²) < 4.78 is 6.91. The van der Waals surface area contributed by atoms with Crippen molar-refractivity contribution >= 4 is 34.3 Å². The molecule has 30 heavy (non-hydrogen) atoms. The second-order valence-electron chi connectivity index (χ2n) is 6.94. The minimum absolute atomic E-state index is 0.137. The Labute approximate surface area is 181 Å². The molecule has 0 atom stereocenters. The van der Waals surface area contributed by atoms with Gasteiger partial charge in [0.15, 0.2) is 17.4 Å². The van der Waals surface area contributed by atoms with E-state index in [0.29, 0.717) is 28.3 Å². The topological polar surface area (TPSA) is 68.4 Å². The van der Waals surface area contributed by atoms with Crippen molar-refractivity contribution in [2.75, 3.05) is 12.4 Å². The first-order valence-corrected chi connectivity index (χ1v) is 9.89. The van der Waals surface area contributed by atoms with Crippen LogP contribution in [-0.2, 0) is 6.61 Å². The van der Waals surface area contributed by atoms with Crippen LogP contribution in [-0.4, -0.2) is 17.2 Å². The number of nitrogens with one attached hydrogen (secondary N) is 1. The highest BCUT2D eigenvalue weighted by Gasteiger charge is 2.20. The SMILES string of the molecule is COc1cccc(NC(=S)C(=C([O-])c2ccc(C)c(C)c2)[n+]2cccc(CO)c2)c1. The van der Waals surface area contributed by atoms with Gasteiger partial charge in [-0.25, -0.2) is 0 Å². The molecule has 0 fully saturated rings. The minimum atomic E-state index is -0.210. The van der Waals surface area contributed by atoms with Gasteiger partial charge in [0.05, 0.1) is 13.7 Å². The van der Waals surface area contributed by atoms with E-state index in [1.165, 1.54) is 0 Å². The van der Waals surface area contributed by atoms with E-state index < -0.39 is 0 Å². The molecule has 154 valence electrons. The second kappa shape index (κ2) is 9.52. The van der Waals surface area contributed by atoms with Gasteiger partial charge in [-0.1, -0.05) is 36.5 Å². The smallest absolute Gasteiger partial charge is 0.238 e. The van der Waals surface area contributed by atoms with E-state index in [-0.39, 0.29) is 17.4 Å². The number of aliphatic hydroxyl groups is 1. The van der Waals surface area contributed by atoms with Crippen molar-refractivity contribution in [2.24, 2.45) is 0 Å². The lowest BCUT2D eigenvalue weighted by molar-refractivity contribution is -0.578. The standard InChI is InChI=1S/C24H24N2O3S/c1-16-9-10-19(12-17(16)2)23(28)22(26-11-5-6-18(14-26)15-27)24(30)25-20-7-4-8-21(13-20)29-3/h4-14,27H,15H2,1-3H3,(H-,25,28,30). The lowest BCUT2D eigenvalue weighted by Crippen LogP contribution is -2.40. The summed E-state index contributed by atoms with van der Waals surface area (Å²) in [6, 6.07) is 16.5. The molecule has 2 N–H and O–H groups in total. The maximum Gasteiger partial charge on any atom is 0.238 e. The van der Waals surface area contributed by atoms with E-state index in [4.69, 9.17) is 17.0 Å². The number of aromatic nitrogens is 1. The molecule has 6 heteroatoms. The highest BCUT2D eigenvalue weighted by Crippen LogP contribution is 2.21. The van der Waals surface area contributed by atoms with Gasteiger partial charge in [-0.05, 0) is 54.5 Å². The Morgan fingerprint density at radius 2 is 1.90 bits per heavy atom. The van der Waals surface area contributed by atoms with Crippen LogP contribution in [0.2, 0.25) is 0 Å². The quantitative estimate of drug-likeness (QED) is 0.277. The Morgan fingerprint density at radius 3 is 2.60 bits per heavy atom. The third-order valence-electron chi connectivity index (χ3n) is 4.83. The zero-order valence-electron chi connectivity index (χ0n) is 17.2. The molecular weight excluding hydrogens is 396 g/mol. The number of benzene rings is 2. The molecule has 0 amide bonds. The summed E-state index contributed by atoms with van der Waals surface area (Å²) in [7, 11) is 1.59. The van der Waals surface area contributed by atoms with Crippen molar-refractivity contribution in [1.82, 2.24) is 0 Å². The number of aliphatic hydroxyl groups excluding tert-OH is 1. The van der Waals surface area contributed by atoms with Crippen LogP contribution in [0.5, 0.6) is 5.75 Å². The van der Waals surface area contributed by atoms with E-state index >= 15 is 0 Å². The molecular formula is C24H24N2O3S. The second-order valence-corrected chi connectivity index (χ2v) is 7.35. The summed E-state index contributed by atoms with van der Waals surface area (Å²) in [5.74, 6) is 0.471. The predicted octanol–water partition coefficient (Wildman–Crippen LogP) is 3.22. The van der Waals surface area contributed by atoms with Crippen LogP contribution in [0.15, 0.2) is 67.0 Å². The van der Waals surface area contributed by atoms with E-state index in [1.54, 1.807) is 48.3 Å². The number of hydrogen-bond acceptors (Lipinski definition) is 4. The summed E-state index contributed by atoms with van der Waals surface area (Å²) >= 11 is 5.64. The molecule has 5 nitrogen and oxygen atoms in total. The summed E-state index contributed by atoms with van der Waals surface area (Å²) in [5, 5.41) is 26.2. The number of anilines is 1. The zero-order chi connectivity index (χ0) is 21.7. The van der Waals surface area contributed by atoms with Crippen molar-refractivity contribution in [1.29, 1.82) is 0 Å².